The fraction of sp³-hybridized carbons (Fsp3) is 0.833. The van der Waals surface area contributed by atoms with Gasteiger partial charge in [-0.15, -0.1) is 9.42 Å². The lowest BCUT2D eigenvalue weighted by Crippen LogP contribution is -2.32. The van der Waals surface area contributed by atoms with Crippen LogP contribution in [0.1, 0.15) is 6.42 Å². The van der Waals surface area contributed by atoms with Gasteiger partial charge in [0.2, 0.25) is 0 Å². The molecule has 0 aromatic rings. The average molecular weight is 290 g/mol. The van der Waals surface area contributed by atoms with Crippen LogP contribution in [0.15, 0.2) is 0 Å². The molecule has 4 N–H and O–H groups in total. The minimum absolute atomic E-state index is 0.180. The summed E-state index contributed by atoms with van der Waals surface area (Å²) in [6.07, 6.45) is -2.03. The first-order valence-electron chi connectivity index (χ1n) is 4.35. The van der Waals surface area contributed by atoms with Gasteiger partial charge in [0.1, 0.15) is 18.8 Å². The first-order valence-corrected chi connectivity index (χ1v) is 6.98. The van der Waals surface area contributed by atoms with E-state index < -0.39 is 34.9 Å². The predicted octanol–water partition coefficient (Wildman–Crippen LogP) is 0.185. The highest BCUT2D eigenvalue weighted by Crippen LogP contribution is 2.44. The van der Waals surface area contributed by atoms with Gasteiger partial charge in [0.25, 0.3) is 0 Å². The molecule has 9 nitrogen and oxygen atoms in total. The van der Waals surface area contributed by atoms with Crippen molar-refractivity contribution >= 4 is 22.3 Å². The molecule has 0 heterocycles. The molecular formula is C6H14NO8P2+. The van der Waals surface area contributed by atoms with Gasteiger partial charge in [-0.1, -0.05) is 0 Å². The van der Waals surface area contributed by atoms with Gasteiger partial charge in [-0.25, -0.2) is 4.57 Å². The number of aliphatic hydroxyl groups excluding tert-OH is 1. The summed E-state index contributed by atoms with van der Waals surface area (Å²) in [5.41, 5.74) is 0. The second kappa shape index (κ2) is 7.97. The molecule has 0 bridgehead atoms. The summed E-state index contributed by atoms with van der Waals surface area (Å²) < 4.78 is 34.2. The zero-order chi connectivity index (χ0) is 13.5. The van der Waals surface area contributed by atoms with Crippen molar-refractivity contribution in [2.75, 3.05) is 13.7 Å². The lowest BCUT2D eigenvalue weighted by atomic mass is 10.2. The maximum absolute atomic E-state index is 11.1. The number of phosphoric acid groups is 1. The Kier molecular flexibility index (Phi) is 7.85. The minimum Gasteiger partial charge on any atom is -0.388 e. The fourth-order valence-corrected chi connectivity index (χ4v) is 1.78. The highest BCUT2D eigenvalue weighted by atomic mass is 31.2. The second-order valence-corrected chi connectivity index (χ2v) is 5.08. The van der Waals surface area contributed by atoms with E-state index in [1.54, 1.807) is 0 Å². The van der Waals surface area contributed by atoms with E-state index >= 15 is 0 Å². The van der Waals surface area contributed by atoms with Gasteiger partial charge in [0.15, 0.2) is 0 Å². The topological polar surface area (TPSA) is 146 Å². The van der Waals surface area contributed by atoms with Crippen molar-refractivity contribution in [1.29, 1.82) is 5.41 Å². The molecule has 11 heteroatoms. The van der Waals surface area contributed by atoms with Crippen LogP contribution < -0.4 is 0 Å². The number of phosphoric ester groups is 1. The van der Waals surface area contributed by atoms with Gasteiger partial charge in [-0.3, -0.25) is 9.05 Å². The van der Waals surface area contributed by atoms with Crippen LogP contribution in [-0.4, -0.2) is 47.0 Å². The Balaban J connectivity index is 4.44. The molecule has 4 atom stereocenters. The van der Waals surface area contributed by atoms with Crippen LogP contribution in [0.25, 0.3) is 0 Å². The van der Waals surface area contributed by atoms with Crippen LogP contribution in [0.3, 0.4) is 0 Å². The van der Waals surface area contributed by atoms with E-state index in [9.17, 15) is 14.2 Å². The molecule has 100 valence electrons. The van der Waals surface area contributed by atoms with Crippen LogP contribution >= 0.6 is 16.1 Å². The second-order valence-electron chi connectivity index (χ2n) is 2.84. The lowest BCUT2D eigenvalue weighted by molar-refractivity contribution is -0.00646. The highest BCUT2D eigenvalue weighted by Gasteiger charge is 2.31. The molecule has 0 aromatic heterocycles. The summed E-state index contributed by atoms with van der Waals surface area (Å²) in [6, 6.07) is 0. The smallest absolute Gasteiger partial charge is 0.388 e. The van der Waals surface area contributed by atoms with Crippen LogP contribution in [0.4, 0.5) is 0 Å². The number of rotatable bonds is 9. The summed E-state index contributed by atoms with van der Waals surface area (Å²) >= 11 is 0. The molecule has 17 heavy (non-hydrogen) atoms. The lowest BCUT2D eigenvalue weighted by Gasteiger charge is -2.21. The monoisotopic (exact) mass is 290 g/mol. The third kappa shape index (κ3) is 7.64. The van der Waals surface area contributed by atoms with E-state index in [2.05, 4.69) is 13.6 Å². The fourth-order valence-electron chi connectivity index (χ4n) is 0.848. The van der Waals surface area contributed by atoms with Crippen molar-refractivity contribution in [3.05, 3.63) is 0 Å². The number of aliphatic hydroxyl groups is 1. The van der Waals surface area contributed by atoms with E-state index in [0.717, 1.165) is 13.3 Å². The SMILES string of the molecule is COP(=O)(O)OC(CC=N)C(O)CO[P+](=O)O. The maximum Gasteiger partial charge on any atom is 0.694 e. The normalized spacial score (nSPS) is 19.2. The largest absolute Gasteiger partial charge is 0.694 e. The minimum atomic E-state index is -4.31. The molecule has 0 aliphatic rings. The Bertz CT molecular complexity index is 310. The Labute approximate surface area is 98.4 Å². The summed E-state index contributed by atoms with van der Waals surface area (Å²) in [5.74, 6) is 0. The summed E-state index contributed by atoms with van der Waals surface area (Å²) in [6.45, 7) is -0.575. The molecule has 0 saturated carbocycles. The van der Waals surface area contributed by atoms with E-state index in [1.807, 2.05) is 0 Å². The molecule has 0 fully saturated rings. The molecular weight excluding hydrogens is 276 g/mol. The zero-order valence-corrected chi connectivity index (χ0v) is 10.7. The summed E-state index contributed by atoms with van der Waals surface area (Å²) in [4.78, 5) is 17.4. The first-order chi connectivity index (χ1) is 7.82. The standard InChI is InChI=1S/C6H13NO8P2/c1-13-17(11,12)15-6(2-3-7)5(8)4-14-16(9)10/h3,5-8H,2,4H2,1H3,(H-,9,10,11,12)/p+1. The molecule has 0 aliphatic carbocycles. The summed E-state index contributed by atoms with van der Waals surface area (Å²) in [7, 11) is -6.26. The molecule has 0 saturated heterocycles. The molecule has 0 radical (unpaired) electrons. The van der Waals surface area contributed by atoms with Gasteiger partial charge in [-0.2, -0.15) is 0 Å². The molecule has 0 spiro atoms. The predicted molar refractivity (Wildman–Crippen MR) is 56.9 cm³/mol. The van der Waals surface area contributed by atoms with E-state index in [0.29, 0.717) is 0 Å². The molecule has 0 rings (SSSR count). The Morgan fingerprint density at radius 2 is 2.18 bits per heavy atom. The van der Waals surface area contributed by atoms with Crippen molar-refractivity contribution < 1.29 is 37.6 Å². The van der Waals surface area contributed by atoms with E-state index in [-0.39, 0.29) is 6.42 Å². The Morgan fingerprint density at radius 1 is 1.59 bits per heavy atom. The quantitative estimate of drug-likeness (QED) is 0.347. The van der Waals surface area contributed by atoms with E-state index in [1.165, 1.54) is 0 Å². The zero-order valence-electron chi connectivity index (χ0n) is 8.92. The van der Waals surface area contributed by atoms with Crippen molar-refractivity contribution in [3.8, 4) is 0 Å². The molecule has 0 amide bonds. The Morgan fingerprint density at radius 3 is 2.59 bits per heavy atom. The van der Waals surface area contributed by atoms with Crippen molar-refractivity contribution in [2.45, 2.75) is 18.6 Å². The van der Waals surface area contributed by atoms with Gasteiger partial charge >= 0.3 is 16.1 Å². The van der Waals surface area contributed by atoms with Gasteiger partial charge in [-0.05, 0) is 6.21 Å². The van der Waals surface area contributed by atoms with Crippen LogP contribution in [0, 0.1) is 5.41 Å². The van der Waals surface area contributed by atoms with Crippen LogP contribution in [0.5, 0.6) is 0 Å². The van der Waals surface area contributed by atoms with Gasteiger partial charge < -0.3 is 15.4 Å². The molecule has 4 unspecified atom stereocenters. The summed E-state index contributed by atoms with van der Waals surface area (Å²) in [5, 5.41) is 16.3. The average Bonchev–Trinajstić information content (AvgIpc) is 2.25. The maximum atomic E-state index is 11.1. The van der Waals surface area contributed by atoms with Gasteiger partial charge in [0.05, 0.1) is 0 Å². The van der Waals surface area contributed by atoms with Crippen LogP contribution in [0.2, 0.25) is 0 Å². The van der Waals surface area contributed by atoms with Gasteiger partial charge in [0, 0.05) is 18.1 Å². The molecule has 0 aromatic carbocycles. The van der Waals surface area contributed by atoms with E-state index in [4.69, 9.17) is 15.2 Å². The third-order valence-corrected chi connectivity index (χ3v) is 3.00. The van der Waals surface area contributed by atoms with Crippen molar-refractivity contribution in [1.82, 2.24) is 0 Å². The molecule has 0 aliphatic heterocycles. The Hall–Kier alpha value is -0.240. The van der Waals surface area contributed by atoms with Crippen LogP contribution in [-0.2, 0) is 22.7 Å². The van der Waals surface area contributed by atoms with Crippen molar-refractivity contribution in [2.24, 2.45) is 0 Å². The van der Waals surface area contributed by atoms with Crippen molar-refractivity contribution in [3.63, 3.8) is 0 Å². The first kappa shape index (κ1) is 16.8. The highest BCUT2D eigenvalue weighted by molar-refractivity contribution is 7.47. The number of hydrogen-bond donors (Lipinski definition) is 4. The number of nitrogens with one attached hydrogen (secondary N) is 1. The third-order valence-electron chi connectivity index (χ3n) is 1.63. The number of hydrogen-bond acceptors (Lipinski definition) is 7.